The van der Waals surface area contributed by atoms with E-state index < -0.39 is 17.7 Å². The molecule has 0 spiro atoms. The highest BCUT2D eigenvalue weighted by molar-refractivity contribution is 7.12. The third kappa shape index (κ3) is 3.61. The maximum Gasteiger partial charge on any atom is 0.290 e. The number of carbonyl (C=O) groups is 2. The van der Waals surface area contributed by atoms with E-state index >= 15 is 0 Å². The maximum atomic E-state index is 13.1. The molecule has 2 aliphatic rings. The Bertz CT molecular complexity index is 873. The zero-order chi connectivity index (χ0) is 19.5. The molecule has 1 fully saturated rings. The number of Topliss-reactive ketones (excluding diaryl/α,β-unsaturated/α-hetero) is 1. The van der Waals surface area contributed by atoms with Crippen molar-refractivity contribution in [3.8, 4) is 0 Å². The monoisotopic (exact) mass is 398 g/mol. The highest BCUT2D eigenvalue weighted by Crippen LogP contribution is 2.39. The molecular formula is C21H22N2O4S. The van der Waals surface area contributed by atoms with Crippen LogP contribution in [0, 0.1) is 0 Å². The van der Waals surface area contributed by atoms with Crippen LogP contribution in [0.25, 0.3) is 0 Å². The number of ether oxygens (including phenoxy) is 1. The van der Waals surface area contributed by atoms with Crippen molar-refractivity contribution in [3.05, 3.63) is 69.6 Å². The highest BCUT2D eigenvalue weighted by atomic mass is 32.1. The fourth-order valence-electron chi connectivity index (χ4n) is 3.71. The molecule has 146 valence electrons. The van der Waals surface area contributed by atoms with Gasteiger partial charge in [0.2, 0.25) is 5.78 Å². The van der Waals surface area contributed by atoms with Gasteiger partial charge in [-0.3, -0.25) is 14.5 Å². The molecule has 0 bridgehead atoms. The summed E-state index contributed by atoms with van der Waals surface area (Å²) >= 11 is 1.31. The summed E-state index contributed by atoms with van der Waals surface area (Å²) in [4.78, 5) is 30.3. The summed E-state index contributed by atoms with van der Waals surface area (Å²) < 4.78 is 5.38. The van der Waals surface area contributed by atoms with E-state index in [2.05, 4.69) is 4.90 Å². The highest BCUT2D eigenvalue weighted by Gasteiger charge is 2.43. The van der Waals surface area contributed by atoms with E-state index in [0.717, 1.165) is 18.7 Å². The van der Waals surface area contributed by atoms with Crippen LogP contribution in [0.1, 0.15) is 21.3 Å². The fourth-order valence-corrected chi connectivity index (χ4v) is 4.39. The lowest BCUT2D eigenvalue weighted by Crippen LogP contribution is -2.43. The topological polar surface area (TPSA) is 70.1 Å². The minimum absolute atomic E-state index is 0.167. The Hall–Kier alpha value is -2.48. The number of nitrogens with zero attached hydrogens (tertiary/aromatic N) is 2. The van der Waals surface area contributed by atoms with Crippen molar-refractivity contribution >= 4 is 23.0 Å². The summed E-state index contributed by atoms with van der Waals surface area (Å²) in [5, 5.41) is 12.4. The predicted molar refractivity (Wildman–Crippen MR) is 106 cm³/mol. The normalized spacial score (nSPS) is 20.8. The summed E-state index contributed by atoms with van der Waals surface area (Å²) in [6, 6.07) is 12.4. The second-order valence-electron chi connectivity index (χ2n) is 6.83. The van der Waals surface area contributed by atoms with Gasteiger partial charge in [-0.2, -0.15) is 0 Å². The molecule has 2 aromatic rings. The average Bonchev–Trinajstić information content (AvgIpc) is 3.36. The van der Waals surface area contributed by atoms with Crippen molar-refractivity contribution in [2.24, 2.45) is 0 Å². The molecule has 7 heteroatoms. The summed E-state index contributed by atoms with van der Waals surface area (Å²) in [5.41, 5.74) is 0.988. The van der Waals surface area contributed by atoms with Gasteiger partial charge in [-0.05, 0) is 17.0 Å². The Morgan fingerprint density at radius 3 is 2.54 bits per heavy atom. The minimum Gasteiger partial charge on any atom is -0.503 e. The first kappa shape index (κ1) is 18.9. The third-order valence-electron chi connectivity index (χ3n) is 5.17. The number of morpholine rings is 1. The van der Waals surface area contributed by atoms with E-state index in [0.29, 0.717) is 31.2 Å². The van der Waals surface area contributed by atoms with Gasteiger partial charge in [-0.1, -0.05) is 36.4 Å². The molecule has 6 nitrogen and oxygen atoms in total. The number of thiophene rings is 1. The van der Waals surface area contributed by atoms with E-state index in [-0.39, 0.29) is 11.4 Å². The molecule has 1 saturated heterocycles. The smallest absolute Gasteiger partial charge is 0.290 e. The molecule has 1 N–H and O–H groups in total. The Labute approximate surface area is 167 Å². The number of amides is 1. The first-order valence-electron chi connectivity index (χ1n) is 9.34. The average molecular weight is 398 g/mol. The number of hydrogen-bond donors (Lipinski definition) is 1. The van der Waals surface area contributed by atoms with Crippen molar-refractivity contribution in [1.82, 2.24) is 9.80 Å². The van der Waals surface area contributed by atoms with Gasteiger partial charge in [0.25, 0.3) is 5.91 Å². The Morgan fingerprint density at radius 1 is 1.11 bits per heavy atom. The minimum atomic E-state index is -0.579. The number of hydrogen-bond acceptors (Lipinski definition) is 6. The summed E-state index contributed by atoms with van der Waals surface area (Å²) in [7, 11) is 0. The first-order valence-corrected chi connectivity index (χ1v) is 10.2. The molecule has 1 aromatic carbocycles. The Morgan fingerprint density at radius 2 is 1.86 bits per heavy atom. The lowest BCUT2D eigenvalue weighted by Gasteiger charge is -2.31. The van der Waals surface area contributed by atoms with Crippen LogP contribution in [-0.4, -0.2) is 66.0 Å². The van der Waals surface area contributed by atoms with Gasteiger partial charge >= 0.3 is 0 Å². The van der Waals surface area contributed by atoms with Crippen LogP contribution in [-0.2, 0) is 9.53 Å². The van der Waals surface area contributed by atoms with Crippen LogP contribution in [0.3, 0.4) is 0 Å². The molecule has 0 saturated carbocycles. The standard InChI is InChI=1S/C21H22N2O4S/c24-19(16-7-4-14-28-16)17-18(15-5-2-1-3-6-15)23(21(26)20(17)25)9-8-22-10-12-27-13-11-22/h1-7,14,18,25H,8-13H2/t18-/m0/s1. The third-order valence-corrected chi connectivity index (χ3v) is 6.04. The van der Waals surface area contributed by atoms with Gasteiger partial charge < -0.3 is 14.7 Å². The quantitative estimate of drug-likeness (QED) is 0.758. The maximum absolute atomic E-state index is 13.1. The fraction of sp³-hybridized carbons (Fsp3) is 0.333. The zero-order valence-corrected chi connectivity index (χ0v) is 16.2. The number of aliphatic hydroxyl groups is 1. The van der Waals surface area contributed by atoms with E-state index in [9.17, 15) is 14.7 Å². The van der Waals surface area contributed by atoms with Crippen molar-refractivity contribution in [2.45, 2.75) is 6.04 Å². The van der Waals surface area contributed by atoms with Crippen LogP contribution in [0.4, 0.5) is 0 Å². The van der Waals surface area contributed by atoms with E-state index in [1.807, 2.05) is 35.7 Å². The Balaban J connectivity index is 1.64. The SMILES string of the molecule is O=C(C1=C(O)C(=O)N(CCN2CCOCC2)[C@H]1c1ccccc1)c1cccs1. The molecule has 0 unspecified atom stereocenters. The lowest BCUT2D eigenvalue weighted by molar-refractivity contribution is -0.129. The molecule has 0 aliphatic carbocycles. The zero-order valence-electron chi connectivity index (χ0n) is 15.4. The van der Waals surface area contributed by atoms with Gasteiger partial charge in [0.05, 0.1) is 29.7 Å². The van der Waals surface area contributed by atoms with Gasteiger partial charge in [0, 0.05) is 26.2 Å². The van der Waals surface area contributed by atoms with Crippen LogP contribution < -0.4 is 0 Å². The largest absolute Gasteiger partial charge is 0.503 e. The summed E-state index contributed by atoms with van der Waals surface area (Å²) in [5.74, 6) is -1.21. The van der Waals surface area contributed by atoms with Gasteiger partial charge in [0.15, 0.2) is 5.76 Å². The molecule has 4 rings (SSSR count). The lowest BCUT2D eigenvalue weighted by atomic mass is 9.95. The molecular weight excluding hydrogens is 376 g/mol. The molecule has 0 radical (unpaired) electrons. The van der Waals surface area contributed by atoms with Gasteiger partial charge in [-0.15, -0.1) is 11.3 Å². The van der Waals surface area contributed by atoms with Crippen molar-refractivity contribution in [3.63, 3.8) is 0 Å². The van der Waals surface area contributed by atoms with Gasteiger partial charge in [0.1, 0.15) is 0 Å². The van der Waals surface area contributed by atoms with Crippen molar-refractivity contribution in [1.29, 1.82) is 0 Å². The molecule has 3 heterocycles. The van der Waals surface area contributed by atoms with Crippen molar-refractivity contribution < 1.29 is 19.4 Å². The number of carbonyl (C=O) groups excluding carboxylic acids is 2. The second kappa shape index (κ2) is 8.26. The van der Waals surface area contributed by atoms with Crippen molar-refractivity contribution in [2.75, 3.05) is 39.4 Å². The molecule has 1 atom stereocenters. The molecule has 28 heavy (non-hydrogen) atoms. The first-order chi connectivity index (χ1) is 13.7. The van der Waals surface area contributed by atoms with Crippen LogP contribution in [0.15, 0.2) is 59.2 Å². The van der Waals surface area contributed by atoms with Crippen LogP contribution in [0.2, 0.25) is 0 Å². The predicted octanol–water partition coefficient (Wildman–Crippen LogP) is 2.66. The number of aliphatic hydroxyl groups excluding tert-OH is 1. The van der Waals surface area contributed by atoms with Crippen LogP contribution in [0.5, 0.6) is 0 Å². The molecule has 1 aromatic heterocycles. The number of benzene rings is 1. The van der Waals surface area contributed by atoms with E-state index in [4.69, 9.17) is 4.74 Å². The molecule has 2 aliphatic heterocycles. The summed E-state index contributed by atoms with van der Waals surface area (Å²) in [6.07, 6.45) is 0. The Kier molecular flexibility index (Phi) is 5.57. The molecule has 1 amide bonds. The second-order valence-corrected chi connectivity index (χ2v) is 7.78. The number of ketones is 1. The van der Waals surface area contributed by atoms with E-state index in [1.54, 1.807) is 17.0 Å². The van der Waals surface area contributed by atoms with Crippen LogP contribution >= 0.6 is 11.3 Å². The van der Waals surface area contributed by atoms with Gasteiger partial charge in [-0.25, -0.2) is 0 Å². The number of rotatable bonds is 6. The summed E-state index contributed by atoms with van der Waals surface area (Å²) in [6.45, 7) is 4.11. The van der Waals surface area contributed by atoms with E-state index in [1.165, 1.54) is 11.3 Å².